The highest BCUT2D eigenvalue weighted by molar-refractivity contribution is 5.45. The van der Waals surface area contributed by atoms with E-state index >= 15 is 0 Å². The summed E-state index contributed by atoms with van der Waals surface area (Å²) in [4.78, 5) is 0. The van der Waals surface area contributed by atoms with E-state index in [4.69, 9.17) is 0 Å². The molecule has 0 saturated heterocycles. The van der Waals surface area contributed by atoms with Crippen LogP contribution in [0.25, 0.3) is 0 Å². The third-order valence-electron chi connectivity index (χ3n) is 6.88. The topological polar surface area (TPSA) is 0 Å². The first-order valence-corrected chi connectivity index (χ1v) is 12.1. The maximum atomic E-state index is 14.7. The lowest BCUT2D eigenvalue weighted by atomic mass is 9.73. The first-order valence-electron chi connectivity index (χ1n) is 12.1. The molecule has 2 aromatic carbocycles. The smallest absolute Gasteiger partial charge is 0.142 e. The summed E-state index contributed by atoms with van der Waals surface area (Å²) in [6.07, 6.45) is 10.5. The molecule has 0 amide bonds. The van der Waals surface area contributed by atoms with E-state index in [9.17, 15) is 8.78 Å². The summed E-state index contributed by atoms with van der Waals surface area (Å²) >= 11 is 0. The zero-order chi connectivity index (χ0) is 22.2. The molecule has 2 aromatic rings. The molecule has 0 heterocycles. The Morgan fingerprint density at radius 3 is 2.10 bits per heavy atom. The van der Waals surface area contributed by atoms with Crippen molar-refractivity contribution in [3.05, 3.63) is 70.3 Å². The molecule has 0 nitrogen and oxygen atoms in total. The summed E-state index contributed by atoms with van der Waals surface area (Å²) in [5.41, 5.74) is 2.64. The fourth-order valence-corrected chi connectivity index (χ4v) is 5.03. The van der Waals surface area contributed by atoms with Gasteiger partial charge in [0.1, 0.15) is 11.6 Å². The quantitative estimate of drug-likeness (QED) is 0.395. The Labute approximate surface area is 187 Å². The van der Waals surface area contributed by atoms with E-state index in [0.717, 1.165) is 36.3 Å². The van der Waals surface area contributed by atoms with Crippen LogP contribution in [0.3, 0.4) is 0 Å². The minimum absolute atomic E-state index is 0.130. The average molecular weight is 423 g/mol. The molecule has 0 bridgehead atoms. The predicted molar refractivity (Wildman–Crippen MR) is 126 cm³/mol. The van der Waals surface area contributed by atoms with Gasteiger partial charge >= 0.3 is 0 Å². The number of rotatable bonds is 7. The van der Waals surface area contributed by atoms with E-state index in [1.54, 1.807) is 0 Å². The summed E-state index contributed by atoms with van der Waals surface area (Å²) in [6, 6.07) is 10.9. The third-order valence-corrected chi connectivity index (χ3v) is 6.88. The number of hydrogen-bond acceptors (Lipinski definition) is 0. The standard InChI is InChI=1S/C29H36F2/c1-4-6-22-8-10-24(11-9-22)14-17-27-28(30)19-25(20-29(27)31)18-21(3)26-15-12-23(7-5-2)13-16-26/h8-11,19-21,23,26H,4-7,12-13,15-16,18H2,1-3H3. The van der Waals surface area contributed by atoms with Gasteiger partial charge in [-0.3, -0.25) is 0 Å². The van der Waals surface area contributed by atoms with Gasteiger partial charge in [-0.25, -0.2) is 8.78 Å². The third kappa shape index (κ3) is 6.67. The van der Waals surface area contributed by atoms with Crippen molar-refractivity contribution in [2.24, 2.45) is 17.8 Å². The van der Waals surface area contributed by atoms with Crippen molar-refractivity contribution >= 4 is 0 Å². The van der Waals surface area contributed by atoms with Crippen molar-refractivity contribution in [1.29, 1.82) is 0 Å². The first-order chi connectivity index (χ1) is 15.0. The molecule has 3 rings (SSSR count). The van der Waals surface area contributed by atoms with Crippen LogP contribution < -0.4 is 0 Å². The Morgan fingerprint density at radius 1 is 0.871 bits per heavy atom. The van der Waals surface area contributed by atoms with Crippen LogP contribution >= 0.6 is 0 Å². The summed E-state index contributed by atoms with van der Waals surface area (Å²) in [5, 5.41) is 0. The zero-order valence-electron chi connectivity index (χ0n) is 19.3. The number of benzene rings is 2. The normalized spacial score (nSPS) is 19.5. The minimum Gasteiger partial charge on any atom is -0.206 e. The Morgan fingerprint density at radius 2 is 1.52 bits per heavy atom. The Kier molecular flexibility index (Phi) is 8.70. The molecule has 166 valence electrons. The summed E-state index contributed by atoms with van der Waals surface area (Å²) in [7, 11) is 0. The molecule has 1 unspecified atom stereocenters. The molecule has 0 radical (unpaired) electrons. The highest BCUT2D eigenvalue weighted by Gasteiger charge is 2.25. The fourth-order valence-electron chi connectivity index (χ4n) is 5.03. The molecule has 31 heavy (non-hydrogen) atoms. The van der Waals surface area contributed by atoms with Gasteiger partial charge in [-0.15, -0.1) is 0 Å². The predicted octanol–water partition coefficient (Wildman–Crippen LogP) is 8.10. The van der Waals surface area contributed by atoms with E-state index in [-0.39, 0.29) is 5.56 Å². The van der Waals surface area contributed by atoms with Gasteiger partial charge in [0, 0.05) is 5.56 Å². The van der Waals surface area contributed by atoms with Crippen LogP contribution in [0.15, 0.2) is 36.4 Å². The largest absolute Gasteiger partial charge is 0.206 e. The van der Waals surface area contributed by atoms with Crippen LogP contribution in [-0.4, -0.2) is 0 Å². The van der Waals surface area contributed by atoms with Crippen molar-refractivity contribution in [2.75, 3.05) is 0 Å². The number of halogens is 2. The second kappa shape index (κ2) is 11.5. The second-order valence-corrected chi connectivity index (χ2v) is 9.38. The molecule has 1 fully saturated rings. The lowest BCUT2D eigenvalue weighted by Gasteiger charge is -2.32. The van der Waals surface area contributed by atoms with Gasteiger partial charge in [0.05, 0.1) is 5.56 Å². The molecular formula is C29H36F2. The second-order valence-electron chi connectivity index (χ2n) is 9.38. The number of aryl methyl sites for hydroxylation is 1. The molecule has 2 heteroatoms. The van der Waals surface area contributed by atoms with Crippen LogP contribution in [0.4, 0.5) is 8.78 Å². The average Bonchev–Trinajstić information content (AvgIpc) is 2.75. The Bertz CT molecular complexity index is 870. The van der Waals surface area contributed by atoms with Gasteiger partial charge in [0.25, 0.3) is 0 Å². The van der Waals surface area contributed by atoms with Gasteiger partial charge in [0.15, 0.2) is 0 Å². The summed E-state index contributed by atoms with van der Waals surface area (Å²) in [5.74, 6) is 6.50. The molecule has 1 atom stereocenters. The molecule has 1 aliphatic carbocycles. The van der Waals surface area contributed by atoms with Crippen molar-refractivity contribution in [3.8, 4) is 11.8 Å². The van der Waals surface area contributed by atoms with Gasteiger partial charge in [-0.2, -0.15) is 0 Å². The number of hydrogen-bond donors (Lipinski definition) is 0. The van der Waals surface area contributed by atoms with Crippen LogP contribution in [0, 0.1) is 41.2 Å². The zero-order valence-corrected chi connectivity index (χ0v) is 19.3. The highest BCUT2D eigenvalue weighted by atomic mass is 19.1. The SMILES string of the molecule is CCCc1ccc(C#Cc2c(F)cc(CC(C)C3CCC(CCC)CC3)cc2F)cc1. The van der Waals surface area contributed by atoms with Gasteiger partial charge in [0.2, 0.25) is 0 Å². The highest BCUT2D eigenvalue weighted by Crippen LogP contribution is 2.36. The van der Waals surface area contributed by atoms with Crippen molar-refractivity contribution < 1.29 is 8.78 Å². The summed E-state index contributed by atoms with van der Waals surface area (Å²) < 4.78 is 29.3. The lowest BCUT2D eigenvalue weighted by molar-refractivity contribution is 0.206. The summed E-state index contributed by atoms with van der Waals surface area (Å²) in [6.45, 7) is 6.63. The first kappa shape index (κ1) is 23.5. The minimum atomic E-state index is -0.552. The molecule has 0 spiro atoms. The van der Waals surface area contributed by atoms with Crippen molar-refractivity contribution in [3.63, 3.8) is 0 Å². The molecule has 0 aromatic heterocycles. The van der Waals surface area contributed by atoms with E-state index < -0.39 is 11.6 Å². The van der Waals surface area contributed by atoms with E-state index in [2.05, 4.69) is 32.6 Å². The van der Waals surface area contributed by atoms with Crippen LogP contribution in [-0.2, 0) is 12.8 Å². The van der Waals surface area contributed by atoms with E-state index in [1.165, 1.54) is 56.2 Å². The van der Waals surface area contributed by atoms with E-state index in [0.29, 0.717) is 11.8 Å². The van der Waals surface area contributed by atoms with Crippen LogP contribution in [0.1, 0.15) is 88.0 Å². The molecule has 0 aliphatic heterocycles. The van der Waals surface area contributed by atoms with Gasteiger partial charge in [-0.05, 0) is 78.8 Å². The van der Waals surface area contributed by atoms with Crippen LogP contribution in [0.2, 0.25) is 0 Å². The Balaban J connectivity index is 1.64. The lowest BCUT2D eigenvalue weighted by Crippen LogP contribution is -2.21. The van der Waals surface area contributed by atoms with E-state index in [1.807, 2.05) is 24.3 Å². The Hall–Kier alpha value is -2.14. The maximum absolute atomic E-state index is 14.7. The molecule has 1 saturated carbocycles. The maximum Gasteiger partial charge on any atom is 0.142 e. The molecule has 1 aliphatic rings. The van der Waals surface area contributed by atoms with Crippen molar-refractivity contribution in [1.82, 2.24) is 0 Å². The monoisotopic (exact) mass is 422 g/mol. The fraction of sp³-hybridized carbons (Fsp3) is 0.517. The molecular weight excluding hydrogens is 386 g/mol. The van der Waals surface area contributed by atoms with Gasteiger partial charge in [-0.1, -0.05) is 76.8 Å². The van der Waals surface area contributed by atoms with Crippen LogP contribution in [0.5, 0.6) is 0 Å². The molecule has 0 N–H and O–H groups in total. The van der Waals surface area contributed by atoms with Crippen molar-refractivity contribution in [2.45, 2.75) is 78.6 Å². The van der Waals surface area contributed by atoms with Gasteiger partial charge < -0.3 is 0 Å².